The second kappa shape index (κ2) is 15.4. The van der Waals surface area contributed by atoms with Crippen LogP contribution in [-0.2, 0) is 14.4 Å². The zero-order valence-corrected chi connectivity index (χ0v) is 31.7. The molecule has 7 rings (SSSR count). The van der Waals surface area contributed by atoms with Gasteiger partial charge in [0, 0.05) is 40.4 Å². The summed E-state index contributed by atoms with van der Waals surface area (Å²) in [6.45, 7) is 6.18. The highest BCUT2D eigenvalue weighted by Gasteiger charge is 2.61. The first-order valence-corrected chi connectivity index (χ1v) is 19.5. The summed E-state index contributed by atoms with van der Waals surface area (Å²) in [5, 5.41) is 19.8. The third-order valence-electron chi connectivity index (χ3n) is 10.8. The van der Waals surface area contributed by atoms with Crippen molar-refractivity contribution in [3.63, 3.8) is 0 Å². The molecule has 2 aromatic carbocycles. The molecule has 1 saturated heterocycles. The largest absolute Gasteiger partial charge is 0.496 e. The minimum atomic E-state index is -1.43. The molecule has 0 unspecified atom stereocenters. The number of fused-ring (bicyclic) bond motifs is 3. The Morgan fingerprint density at radius 3 is 2.70 bits per heavy atom. The smallest absolute Gasteiger partial charge is 0.330 e. The monoisotopic (exact) mass is 755 g/mol. The number of benzene rings is 2. The lowest BCUT2D eigenvalue weighted by Gasteiger charge is -2.30. The lowest BCUT2D eigenvalue weighted by Crippen LogP contribution is -2.55. The van der Waals surface area contributed by atoms with E-state index in [4.69, 9.17) is 19.4 Å². The van der Waals surface area contributed by atoms with E-state index in [1.54, 1.807) is 19.2 Å². The predicted octanol–water partition coefficient (Wildman–Crippen LogP) is 7.25. The average Bonchev–Trinajstić information content (AvgIpc) is 3.44. The van der Waals surface area contributed by atoms with E-state index in [1.807, 2.05) is 42.7 Å². The molecule has 5 atom stereocenters. The standard InChI is InChI=1S/C41H46FN5O6S/c1-23(2)32-22-54-38(45-32)31-19-35(29-15-16-34(52-4)24(3)36(29)44-31)53-28-18-33-37(48)46-41(40(50)51)20-25(41)11-8-6-5-7-9-14-30(39(49)47(33)21-28)43-27-13-10-12-26(42)17-27/h8,10-13,15-17,19,22-23,25,28,30,33,43H,5-7,9,14,18,20-21H2,1-4H3,(H,46,48)(H,50,51)/b11-8-/t25-,28-,30+,33+,41-/m1/s1. The van der Waals surface area contributed by atoms with Crippen molar-refractivity contribution in [1.82, 2.24) is 20.2 Å². The highest BCUT2D eigenvalue weighted by atomic mass is 32.1. The fourth-order valence-corrected chi connectivity index (χ4v) is 8.52. The van der Waals surface area contributed by atoms with Crippen molar-refractivity contribution in [3.05, 3.63) is 77.1 Å². The molecule has 4 heterocycles. The van der Waals surface area contributed by atoms with Crippen LogP contribution in [-0.4, -0.2) is 75.1 Å². The minimum Gasteiger partial charge on any atom is -0.496 e. The highest BCUT2D eigenvalue weighted by Crippen LogP contribution is 2.46. The molecule has 2 aromatic heterocycles. The average molecular weight is 756 g/mol. The Balaban J connectivity index is 1.25. The van der Waals surface area contributed by atoms with Gasteiger partial charge in [-0.15, -0.1) is 11.3 Å². The Morgan fingerprint density at radius 2 is 1.96 bits per heavy atom. The Morgan fingerprint density at radius 1 is 1.13 bits per heavy atom. The molecule has 0 spiro atoms. The molecule has 54 heavy (non-hydrogen) atoms. The highest BCUT2D eigenvalue weighted by molar-refractivity contribution is 7.13. The Labute approximate surface area is 318 Å². The number of carbonyl (C=O) groups excluding carboxylic acids is 2. The molecular weight excluding hydrogens is 710 g/mol. The van der Waals surface area contributed by atoms with Crippen molar-refractivity contribution in [1.29, 1.82) is 0 Å². The number of allylic oxidation sites excluding steroid dienone is 1. The van der Waals surface area contributed by atoms with Gasteiger partial charge in [-0.25, -0.2) is 19.2 Å². The summed E-state index contributed by atoms with van der Waals surface area (Å²) in [6.07, 6.45) is 7.32. The van der Waals surface area contributed by atoms with Gasteiger partial charge in [-0.2, -0.15) is 0 Å². The zero-order chi connectivity index (χ0) is 38.1. The number of halogens is 1. The molecule has 3 aliphatic rings. The number of aromatic nitrogens is 2. The molecule has 4 aromatic rings. The molecule has 1 aliphatic carbocycles. The van der Waals surface area contributed by atoms with Crippen LogP contribution in [0.25, 0.3) is 21.6 Å². The maximum absolute atomic E-state index is 14.6. The van der Waals surface area contributed by atoms with Gasteiger partial charge in [0.2, 0.25) is 11.8 Å². The quantitative estimate of drug-likeness (QED) is 0.159. The number of carboxylic acid groups (broad SMARTS) is 1. The van der Waals surface area contributed by atoms with E-state index in [1.165, 1.54) is 28.4 Å². The van der Waals surface area contributed by atoms with E-state index < -0.39 is 41.4 Å². The number of nitrogens with one attached hydrogen (secondary N) is 2. The number of hydrogen-bond donors (Lipinski definition) is 3. The Kier molecular flexibility index (Phi) is 10.6. The van der Waals surface area contributed by atoms with Crippen molar-refractivity contribution < 1.29 is 33.4 Å². The van der Waals surface area contributed by atoms with Crippen LogP contribution in [0.4, 0.5) is 10.1 Å². The summed E-state index contributed by atoms with van der Waals surface area (Å²) >= 11 is 1.50. The number of amides is 2. The van der Waals surface area contributed by atoms with E-state index in [2.05, 4.69) is 24.5 Å². The van der Waals surface area contributed by atoms with Crippen molar-refractivity contribution in [2.75, 3.05) is 19.0 Å². The first-order chi connectivity index (χ1) is 26.0. The second-order valence-corrected chi connectivity index (χ2v) is 15.7. The second-order valence-electron chi connectivity index (χ2n) is 14.9. The first kappa shape index (κ1) is 37.3. The van der Waals surface area contributed by atoms with Gasteiger partial charge >= 0.3 is 5.97 Å². The van der Waals surface area contributed by atoms with Crippen LogP contribution in [0, 0.1) is 18.7 Å². The SMILES string of the molecule is COc1ccc2c(O[C@@H]3C[C@H]4C(=O)N[C@]5(C(=O)O)C[C@H]5/C=C\CCCCC[C@H](Nc5cccc(F)c5)C(=O)N4C3)cc(-c3nc(C(C)C)cs3)nc2c1C. The van der Waals surface area contributed by atoms with Gasteiger partial charge in [-0.3, -0.25) is 9.59 Å². The van der Waals surface area contributed by atoms with Crippen LogP contribution in [0.3, 0.4) is 0 Å². The number of carbonyl (C=O) groups is 3. The number of thiazole rings is 1. The Bertz CT molecular complexity index is 2100. The van der Waals surface area contributed by atoms with Crippen molar-refractivity contribution in [2.24, 2.45) is 5.92 Å². The molecule has 0 bridgehead atoms. The third-order valence-corrected chi connectivity index (χ3v) is 11.7. The fourth-order valence-electron chi connectivity index (χ4n) is 7.58. The molecule has 2 fully saturated rings. The Hall–Kier alpha value is -5.04. The summed E-state index contributed by atoms with van der Waals surface area (Å²) in [4.78, 5) is 52.7. The zero-order valence-electron chi connectivity index (χ0n) is 30.9. The van der Waals surface area contributed by atoms with E-state index in [0.717, 1.165) is 47.3 Å². The topological polar surface area (TPSA) is 143 Å². The first-order valence-electron chi connectivity index (χ1n) is 18.6. The van der Waals surface area contributed by atoms with Crippen LogP contribution in [0.2, 0.25) is 0 Å². The molecule has 1 saturated carbocycles. The van der Waals surface area contributed by atoms with Gasteiger partial charge < -0.3 is 30.1 Å². The van der Waals surface area contributed by atoms with E-state index >= 15 is 0 Å². The number of hydrogen-bond acceptors (Lipinski definition) is 9. The predicted molar refractivity (Wildman–Crippen MR) is 205 cm³/mol. The van der Waals surface area contributed by atoms with Crippen LogP contribution < -0.4 is 20.1 Å². The van der Waals surface area contributed by atoms with Gasteiger partial charge in [-0.05, 0) is 68.9 Å². The molecule has 11 nitrogen and oxygen atoms in total. The molecule has 3 N–H and O–H groups in total. The lowest BCUT2D eigenvalue weighted by atomic mass is 10.0. The van der Waals surface area contributed by atoms with Crippen molar-refractivity contribution >= 4 is 45.7 Å². The molecule has 13 heteroatoms. The number of ether oxygens (including phenoxy) is 2. The van der Waals surface area contributed by atoms with Gasteiger partial charge in [0.15, 0.2) is 0 Å². The molecule has 284 valence electrons. The number of rotatable bonds is 8. The van der Waals surface area contributed by atoms with Crippen molar-refractivity contribution in [3.8, 4) is 22.2 Å². The van der Waals surface area contributed by atoms with E-state index in [-0.39, 0.29) is 37.1 Å². The third kappa shape index (κ3) is 7.51. The summed E-state index contributed by atoms with van der Waals surface area (Å²) in [5.41, 5.74) is 2.12. The van der Waals surface area contributed by atoms with E-state index in [9.17, 15) is 23.9 Å². The van der Waals surface area contributed by atoms with Crippen LogP contribution in [0.5, 0.6) is 11.5 Å². The van der Waals surface area contributed by atoms with Crippen LogP contribution in [0.1, 0.15) is 76.0 Å². The lowest BCUT2D eigenvalue weighted by molar-refractivity contribution is -0.145. The number of aryl methyl sites for hydroxylation is 1. The number of aliphatic carboxylic acids is 1. The van der Waals surface area contributed by atoms with Crippen LogP contribution in [0.15, 0.2) is 60.0 Å². The summed E-state index contributed by atoms with van der Waals surface area (Å²) in [7, 11) is 1.61. The minimum absolute atomic E-state index is 0.0741. The molecular formula is C41H46FN5O6S. The molecule has 0 radical (unpaired) electrons. The van der Waals surface area contributed by atoms with Gasteiger partial charge in [0.25, 0.3) is 0 Å². The van der Waals surface area contributed by atoms with Crippen molar-refractivity contribution in [2.45, 2.75) is 95.4 Å². The summed E-state index contributed by atoms with van der Waals surface area (Å²) in [6, 6.07) is 9.79. The number of carboxylic acids is 1. The number of methoxy groups -OCH3 is 1. The maximum Gasteiger partial charge on any atom is 0.330 e. The normalized spacial score (nSPS) is 25.3. The van der Waals surface area contributed by atoms with E-state index in [0.29, 0.717) is 34.8 Å². The number of nitrogens with zero attached hydrogens (tertiary/aromatic N) is 3. The number of anilines is 1. The van der Waals surface area contributed by atoms with Gasteiger partial charge in [0.1, 0.15) is 51.7 Å². The fraction of sp³-hybridized carbons (Fsp3) is 0.439. The molecule has 2 aliphatic heterocycles. The van der Waals surface area contributed by atoms with Gasteiger partial charge in [-0.1, -0.05) is 44.9 Å². The van der Waals surface area contributed by atoms with Gasteiger partial charge in [0.05, 0.1) is 24.9 Å². The summed E-state index contributed by atoms with van der Waals surface area (Å²) in [5.74, 6) is -1.32. The maximum atomic E-state index is 14.6. The van der Waals surface area contributed by atoms with Crippen LogP contribution >= 0.6 is 11.3 Å². The number of pyridine rings is 1. The molecule has 2 amide bonds. The summed E-state index contributed by atoms with van der Waals surface area (Å²) < 4.78 is 26.6.